The maximum Gasteiger partial charge on any atom is 0.314 e. The monoisotopic (exact) mass is 265 g/mol. The average Bonchev–Trinajstić information content (AvgIpc) is 2.80. The third-order valence-corrected chi connectivity index (χ3v) is 3.63. The third kappa shape index (κ3) is 3.62. The van der Waals surface area contributed by atoms with E-state index in [1.54, 1.807) is 7.05 Å². The van der Waals surface area contributed by atoms with E-state index in [2.05, 4.69) is 15.7 Å². The second kappa shape index (κ2) is 6.45. The van der Waals surface area contributed by atoms with E-state index in [9.17, 15) is 4.79 Å². The molecule has 0 radical (unpaired) electrons. The van der Waals surface area contributed by atoms with Gasteiger partial charge in [0.2, 0.25) is 0 Å². The first kappa shape index (κ1) is 13.7. The number of nitrogen functional groups attached to an aromatic ring is 1. The van der Waals surface area contributed by atoms with Gasteiger partial charge in [-0.05, 0) is 12.8 Å². The third-order valence-electron chi connectivity index (χ3n) is 3.63. The van der Waals surface area contributed by atoms with Crippen molar-refractivity contribution in [2.45, 2.75) is 44.6 Å². The number of anilines is 1. The lowest BCUT2D eigenvalue weighted by molar-refractivity contribution is 0.243. The number of rotatable bonds is 4. The van der Waals surface area contributed by atoms with Crippen molar-refractivity contribution in [2.24, 2.45) is 0 Å². The molecule has 1 aromatic rings. The Balaban J connectivity index is 1.90. The highest BCUT2D eigenvalue weighted by Crippen LogP contribution is 2.29. The molecule has 6 nitrogen and oxygen atoms in total. The number of amides is 2. The van der Waals surface area contributed by atoms with Gasteiger partial charge in [0.15, 0.2) is 0 Å². The van der Waals surface area contributed by atoms with Gasteiger partial charge < -0.3 is 16.4 Å². The molecule has 0 saturated heterocycles. The number of nitrogens with one attached hydrogen (secondary N) is 2. The number of nitrogens with zero attached hydrogens (tertiary/aromatic N) is 2. The Morgan fingerprint density at radius 1 is 1.47 bits per heavy atom. The molecule has 106 valence electrons. The van der Waals surface area contributed by atoms with E-state index in [-0.39, 0.29) is 6.03 Å². The summed E-state index contributed by atoms with van der Waals surface area (Å²) in [7, 11) is 1.60. The number of hydrogen-bond acceptors (Lipinski definition) is 3. The molecule has 0 bridgehead atoms. The molecule has 1 heterocycles. The zero-order valence-corrected chi connectivity index (χ0v) is 11.5. The Hall–Kier alpha value is -1.72. The van der Waals surface area contributed by atoms with E-state index in [0.717, 1.165) is 11.5 Å². The zero-order valence-electron chi connectivity index (χ0n) is 11.5. The zero-order chi connectivity index (χ0) is 13.7. The minimum absolute atomic E-state index is 0.167. The Labute approximate surface area is 113 Å². The molecule has 0 aromatic carbocycles. The first-order valence-electron chi connectivity index (χ1n) is 7.00. The van der Waals surface area contributed by atoms with Gasteiger partial charge in [0.05, 0.1) is 11.7 Å². The molecule has 1 aromatic heterocycles. The van der Waals surface area contributed by atoms with Crippen molar-refractivity contribution in [3.8, 4) is 0 Å². The van der Waals surface area contributed by atoms with Gasteiger partial charge in [-0.3, -0.25) is 0 Å². The van der Waals surface area contributed by atoms with Crippen molar-refractivity contribution in [2.75, 3.05) is 19.3 Å². The van der Waals surface area contributed by atoms with Crippen molar-refractivity contribution in [3.63, 3.8) is 0 Å². The van der Waals surface area contributed by atoms with Crippen molar-refractivity contribution in [3.05, 3.63) is 11.8 Å². The normalized spacial score (nSPS) is 16.3. The van der Waals surface area contributed by atoms with Gasteiger partial charge in [-0.15, -0.1) is 0 Å². The molecule has 6 heteroatoms. The molecule has 1 fully saturated rings. The molecule has 0 atom stereocenters. The quantitative estimate of drug-likeness (QED) is 0.770. The predicted octanol–water partition coefficient (Wildman–Crippen LogP) is 1.44. The highest BCUT2D eigenvalue weighted by molar-refractivity contribution is 5.73. The number of hydrogen-bond donors (Lipinski definition) is 3. The number of carbonyl (C=O) groups excluding carboxylic acids is 1. The van der Waals surface area contributed by atoms with Gasteiger partial charge in [-0.2, -0.15) is 5.10 Å². The van der Waals surface area contributed by atoms with Crippen molar-refractivity contribution in [1.29, 1.82) is 0 Å². The minimum Gasteiger partial charge on any atom is -0.384 e. The van der Waals surface area contributed by atoms with Crippen LogP contribution in [0, 0.1) is 0 Å². The molecule has 0 spiro atoms. The molecule has 1 aliphatic rings. The van der Waals surface area contributed by atoms with Crippen LogP contribution in [0.5, 0.6) is 0 Å². The molecule has 2 amide bonds. The predicted molar refractivity (Wildman–Crippen MR) is 74.9 cm³/mol. The molecule has 0 aliphatic heterocycles. The number of carbonyl (C=O) groups is 1. The van der Waals surface area contributed by atoms with Crippen LogP contribution in [0.2, 0.25) is 0 Å². The summed E-state index contributed by atoms with van der Waals surface area (Å²) in [5.41, 5.74) is 6.97. The van der Waals surface area contributed by atoms with Crippen LogP contribution in [-0.2, 0) is 6.42 Å². The molecule has 4 N–H and O–H groups in total. The van der Waals surface area contributed by atoms with Crippen LogP contribution in [0.1, 0.15) is 43.8 Å². The van der Waals surface area contributed by atoms with Gasteiger partial charge in [-0.25, -0.2) is 9.48 Å². The molecule has 2 rings (SSSR count). The fourth-order valence-corrected chi connectivity index (χ4v) is 2.59. The van der Waals surface area contributed by atoms with Gasteiger partial charge in [0.1, 0.15) is 5.82 Å². The lowest BCUT2D eigenvalue weighted by Crippen LogP contribution is -2.34. The van der Waals surface area contributed by atoms with Crippen molar-refractivity contribution < 1.29 is 4.79 Å². The summed E-state index contributed by atoms with van der Waals surface area (Å²) in [6, 6.07) is 2.20. The first-order valence-corrected chi connectivity index (χ1v) is 7.00. The summed E-state index contributed by atoms with van der Waals surface area (Å²) in [5.74, 6) is 0.738. The first-order chi connectivity index (χ1) is 9.20. The van der Waals surface area contributed by atoms with Crippen LogP contribution in [0.3, 0.4) is 0 Å². The van der Waals surface area contributed by atoms with E-state index < -0.39 is 0 Å². The summed E-state index contributed by atoms with van der Waals surface area (Å²) in [5, 5.41) is 9.84. The topological polar surface area (TPSA) is 85.0 Å². The summed E-state index contributed by atoms with van der Waals surface area (Å²) >= 11 is 0. The molecular formula is C13H23N5O. The smallest absolute Gasteiger partial charge is 0.314 e. The Morgan fingerprint density at radius 3 is 2.89 bits per heavy atom. The number of urea groups is 1. The van der Waals surface area contributed by atoms with E-state index in [1.807, 2.05) is 10.7 Å². The molecule has 1 aliphatic carbocycles. The van der Waals surface area contributed by atoms with E-state index in [0.29, 0.717) is 19.0 Å². The van der Waals surface area contributed by atoms with Crippen LogP contribution in [0.4, 0.5) is 10.6 Å². The fraction of sp³-hybridized carbons (Fsp3) is 0.692. The molecule has 1 saturated carbocycles. The summed E-state index contributed by atoms with van der Waals surface area (Å²) < 4.78 is 1.97. The van der Waals surface area contributed by atoms with E-state index in [4.69, 9.17) is 5.73 Å². The van der Waals surface area contributed by atoms with Crippen molar-refractivity contribution in [1.82, 2.24) is 20.4 Å². The highest BCUT2D eigenvalue weighted by Gasteiger charge is 2.18. The second-order valence-electron chi connectivity index (χ2n) is 5.05. The highest BCUT2D eigenvalue weighted by atomic mass is 16.2. The van der Waals surface area contributed by atoms with Gasteiger partial charge >= 0.3 is 6.03 Å². The minimum atomic E-state index is -0.167. The Kier molecular flexibility index (Phi) is 4.65. The van der Waals surface area contributed by atoms with Crippen LogP contribution in [0.25, 0.3) is 0 Å². The standard InChI is InChI=1S/C13H23N5O/c1-15-13(19)16-8-7-10-9-12(14)18(17-10)11-5-3-2-4-6-11/h9,11H,2-8,14H2,1H3,(H2,15,16,19). The van der Waals surface area contributed by atoms with Crippen LogP contribution < -0.4 is 16.4 Å². The summed E-state index contributed by atoms with van der Waals surface area (Å²) in [6.07, 6.45) is 6.89. The SMILES string of the molecule is CNC(=O)NCCc1cc(N)n(C2CCCCC2)n1. The van der Waals surface area contributed by atoms with Gasteiger partial charge in [0.25, 0.3) is 0 Å². The van der Waals surface area contributed by atoms with Crippen LogP contribution in [0.15, 0.2) is 6.07 Å². The van der Waals surface area contributed by atoms with Crippen LogP contribution >= 0.6 is 0 Å². The summed E-state index contributed by atoms with van der Waals surface area (Å²) in [6.45, 7) is 0.570. The fourth-order valence-electron chi connectivity index (χ4n) is 2.59. The second-order valence-corrected chi connectivity index (χ2v) is 5.05. The average molecular weight is 265 g/mol. The van der Waals surface area contributed by atoms with E-state index >= 15 is 0 Å². The lowest BCUT2D eigenvalue weighted by Gasteiger charge is -2.22. The van der Waals surface area contributed by atoms with E-state index in [1.165, 1.54) is 32.1 Å². The number of nitrogens with two attached hydrogens (primary N) is 1. The molecular weight excluding hydrogens is 242 g/mol. The molecule has 0 unspecified atom stereocenters. The maximum absolute atomic E-state index is 11.0. The summed E-state index contributed by atoms with van der Waals surface area (Å²) in [4.78, 5) is 11.0. The largest absolute Gasteiger partial charge is 0.384 e. The Morgan fingerprint density at radius 2 is 2.21 bits per heavy atom. The van der Waals surface area contributed by atoms with Gasteiger partial charge in [0, 0.05) is 26.1 Å². The van der Waals surface area contributed by atoms with Crippen molar-refractivity contribution >= 4 is 11.8 Å². The lowest BCUT2D eigenvalue weighted by atomic mass is 9.96. The van der Waals surface area contributed by atoms with Gasteiger partial charge in [-0.1, -0.05) is 19.3 Å². The Bertz CT molecular complexity index is 423. The number of aromatic nitrogens is 2. The van der Waals surface area contributed by atoms with Crippen LogP contribution in [-0.4, -0.2) is 29.4 Å². The maximum atomic E-state index is 11.0. The molecule has 19 heavy (non-hydrogen) atoms.